The van der Waals surface area contributed by atoms with Crippen LogP contribution in [0.15, 0.2) is 42.5 Å². The molecule has 2 aromatic rings. The van der Waals surface area contributed by atoms with Gasteiger partial charge in [-0.1, -0.05) is 0 Å². The van der Waals surface area contributed by atoms with Gasteiger partial charge < -0.3 is 20.1 Å². The molecule has 0 bridgehead atoms. The van der Waals surface area contributed by atoms with Gasteiger partial charge in [0.05, 0.1) is 6.61 Å². The highest BCUT2D eigenvalue weighted by molar-refractivity contribution is 5.94. The first-order valence-electron chi connectivity index (χ1n) is 9.22. The van der Waals surface area contributed by atoms with E-state index >= 15 is 0 Å². The molecule has 29 heavy (non-hydrogen) atoms. The van der Waals surface area contributed by atoms with Crippen LogP contribution in [0.25, 0.3) is 0 Å². The molecule has 0 radical (unpaired) electrons. The first-order chi connectivity index (χ1) is 13.5. The minimum atomic E-state index is -0.785. The number of hydrogen-bond donors (Lipinski definition) is 2. The summed E-state index contributed by atoms with van der Waals surface area (Å²) < 4.78 is 37.4. The minimum Gasteiger partial charge on any atom is -0.454 e. The van der Waals surface area contributed by atoms with Gasteiger partial charge in [0.15, 0.2) is 11.6 Å². The number of carbonyl (C=O) groups excluding carboxylic acids is 1. The van der Waals surface area contributed by atoms with Crippen molar-refractivity contribution in [2.45, 2.75) is 12.8 Å². The SMILES string of the molecule is COCC1(CNC(=O)c2ccc(Oc3ccc(F)cc3F)cc2)CCNCC1.Cl. The van der Waals surface area contributed by atoms with E-state index in [2.05, 4.69) is 10.6 Å². The molecule has 1 aliphatic heterocycles. The van der Waals surface area contributed by atoms with Crippen molar-refractivity contribution in [2.75, 3.05) is 33.4 Å². The Balaban J connectivity index is 0.00000300. The first-order valence-corrected chi connectivity index (χ1v) is 9.22. The van der Waals surface area contributed by atoms with E-state index in [0.717, 1.165) is 38.1 Å². The topological polar surface area (TPSA) is 59.6 Å². The van der Waals surface area contributed by atoms with Gasteiger partial charge in [0.1, 0.15) is 11.6 Å². The Morgan fingerprint density at radius 1 is 1.14 bits per heavy atom. The summed E-state index contributed by atoms with van der Waals surface area (Å²) in [5, 5.41) is 6.31. The fourth-order valence-corrected chi connectivity index (χ4v) is 3.36. The number of methoxy groups -OCH3 is 1. The molecule has 0 atom stereocenters. The molecular weight excluding hydrogens is 402 g/mol. The Hall–Kier alpha value is -2.22. The van der Waals surface area contributed by atoms with Crippen LogP contribution < -0.4 is 15.4 Å². The van der Waals surface area contributed by atoms with Gasteiger partial charge >= 0.3 is 0 Å². The highest BCUT2D eigenvalue weighted by atomic mass is 35.5. The summed E-state index contributed by atoms with van der Waals surface area (Å²) >= 11 is 0. The third-order valence-corrected chi connectivity index (χ3v) is 4.98. The fraction of sp³-hybridized carbons (Fsp3) is 0.381. The summed E-state index contributed by atoms with van der Waals surface area (Å²) in [6, 6.07) is 9.47. The monoisotopic (exact) mass is 426 g/mol. The van der Waals surface area contributed by atoms with Gasteiger partial charge in [-0.05, 0) is 62.3 Å². The average molecular weight is 427 g/mol. The summed E-state index contributed by atoms with van der Waals surface area (Å²) in [6.45, 7) is 2.96. The predicted octanol–water partition coefficient (Wildman–Crippen LogP) is 3.92. The number of piperidine rings is 1. The number of amides is 1. The summed E-state index contributed by atoms with van der Waals surface area (Å²) in [5.74, 6) is -1.36. The molecule has 3 rings (SSSR count). The number of benzene rings is 2. The third kappa shape index (κ3) is 6.13. The van der Waals surface area contributed by atoms with Crippen LogP contribution in [0.3, 0.4) is 0 Å². The minimum absolute atomic E-state index is 0. The standard InChI is InChI=1S/C21H24F2N2O3.ClH/c1-27-14-21(8-10-24-11-9-21)13-25-20(26)15-2-5-17(6-3-15)28-19-7-4-16(22)12-18(19)23;/h2-7,12,24H,8-11,13-14H2,1H3,(H,25,26);1H. The van der Waals surface area contributed by atoms with Crippen molar-refractivity contribution in [2.24, 2.45) is 5.41 Å². The molecule has 0 aromatic heterocycles. The molecule has 1 amide bonds. The highest BCUT2D eigenvalue weighted by Gasteiger charge is 2.32. The summed E-state index contributed by atoms with van der Waals surface area (Å²) in [7, 11) is 1.67. The van der Waals surface area contributed by atoms with Crippen molar-refractivity contribution in [3.8, 4) is 11.5 Å². The quantitative estimate of drug-likeness (QED) is 0.704. The molecule has 158 valence electrons. The summed E-state index contributed by atoms with van der Waals surface area (Å²) in [6.07, 6.45) is 1.88. The Labute approximate surface area is 175 Å². The second kappa shape index (κ2) is 10.5. The Morgan fingerprint density at radius 2 is 1.83 bits per heavy atom. The lowest BCUT2D eigenvalue weighted by atomic mass is 9.79. The maximum atomic E-state index is 13.7. The molecule has 2 N–H and O–H groups in total. The van der Waals surface area contributed by atoms with E-state index in [-0.39, 0.29) is 29.5 Å². The van der Waals surface area contributed by atoms with Gasteiger partial charge in [0.25, 0.3) is 5.91 Å². The van der Waals surface area contributed by atoms with E-state index in [1.807, 2.05) is 0 Å². The van der Waals surface area contributed by atoms with Crippen molar-refractivity contribution in [1.82, 2.24) is 10.6 Å². The molecule has 2 aromatic carbocycles. The van der Waals surface area contributed by atoms with Crippen LogP contribution in [0, 0.1) is 17.0 Å². The number of rotatable bonds is 7. The van der Waals surface area contributed by atoms with Gasteiger partial charge in [-0.2, -0.15) is 0 Å². The third-order valence-electron chi connectivity index (χ3n) is 4.98. The van der Waals surface area contributed by atoms with E-state index in [9.17, 15) is 13.6 Å². The molecule has 0 unspecified atom stereocenters. The van der Waals surface area contributed by atoms with Gasteiger partial charge in [0.2, 0.25) is 0 Å². The zero-order chi connectivity index (χ0) is 20.0. The van der Waals surface area contributed by atoms with Gasteiger partial charge in [-0.25, -0.2) is 8.78 Å². The molecule has 0 saturated carbocycles. The molecule has 1 heterocycles. The Morgan fingerprint density at radius 3 is 2.45 bits per heavy atom. The van der Waals surface area contributed by atoms with Crippen molar-refractivity contribution >= 4 is 18.3 Å². The molecule has 1 fully saturated rings. The van der Waals surface area contributed by atoms with Crippen LogP contribution in [0.4, 0.5) is 8.78 Å². The second-order valence-electron chi connectivity index (χ2n) is 7.07. The van der Waals surface area contributed by atoms with E-state index < -0.39 is 11.6 Å². The highest BCUT2D eigenvalue weighted by Crippen LogP contribution is 2.29. The fourth-order valence-electron chi connectivity index (χ4n) is 3.36. The Kier molecular flexibility index (Phi) is 8.37. The molecule has 0 spiro atoms. The van der Waals surface area contributed by atoms with Crippen LogP contribution in [-0.2, 0) is 4.74 Å². The number of halogens is 3. The molecule has 8 heteroatoms. The maximum absolute atomic E-state index is 13.7. The van der Waals surface area contributed by atoms with Crippen LogP contribution in [0.1, 0.15) is 23.2 Å². The summed E-state index contributed by atoms with van der Waals surface area (Å²) in [5.41, 5.74) is 0.423. The van der Waals surface area contributed by atoms with Crippen LogP contribution in [-0.4, -0.2) is 39.3 Å². The number of nitrogens with one attached hydrogen (secondary N) is 2. The molecule has 0 aliphatic carbocycles. The zero-order valence-corrected chi connectivity index (χ0v) is 17.0. The van der Waals surface area contributed by atoms with E-state index in [4.69, 9.17) is 9.47 Å². The van der Waals surface area contributed by atoms with Crippen molar-refractivity contribution < 1.29 is 23.0 Å². The smallest absolute Gasteiger partial charge is 0.251 e. The van der Waals surface area contributed by atoms with Crippen molar-refractivity contribution in [3.63, 3.8) is 0 Å². The predicted molar refractivity (Wildman–Crippen MR) is 109 cm³/mol. The summed E-state index contributed by atoms with van der Waals surface area (Å²) in [4.78, 5) is 12.5. The largest absolute Gasteiger partial charge is 0.454 e. The molecule has 1 saturated heterocycles. The number of hydrogen-bond acceptors (Lipinski definition) is 4. The Bertz CT molecular complexity index is 807. The van der Waals surface area contributed by atoms with Crippen LogP contribution in [0.5, 0.6) is 11.5 Å². The lowest BCUT2D eigenvalue weighted by molar-refractivity contribution is 0.0512. The van der Waals surface area contributed by atoms with Crippen molar-refractivity contribution in [1.29, 1.82) is 0 Å². The average Bonchev–Trinajstić information content (AvgIpc) is 2.70. The van der Waals surface area contributed by atoms with Crippen molar-refractivity contribution in [3.05, 3.63) is 59.7 Å². The van der Waals surface area contributed by atoms with E-state index in [1.165, 1.54) is 6.07 Å². The molecular formula is C21H25ClF2N2O3. The lowest BCUT2D eigenvalue weighted by Gasteiger charge is -2.37. The van der Waals surface area contributed by atoms with E-state index in [1.54, 1.807) is 31.4 Å². The second-order valence-corrected chi connectivity index (χ2v) is 7.07. The molecule has 5 nitrogen and oxygen atoms in total. The normalized spacial score (nSPS) is 15.3. The first kappa shape index (κ1) is 23.1. The van der Waals surface area contributed by atoms with Gasteiger partial charge in [0, 0.05) is 30.7 Å². The maximum Gasteiger partial charge on any atom is 0.251 e. The van der Waals surface area contributed by atoms with E-state index in [0.29, 0.717) is 24.5 Å². The number of carbonyl (C=O) groups is 1. The van der Waals surface area contributed by atoms with Crippen LogP contribution in [0.2, 0.25) is 0 Å². The lowest BCUT2D eigenvalue weighted by Crippen LogP contribution is -2.47. The van der Waals surface area contributed by atoms with Crippen LogP contribution >= 0.6 is 12.4 Å². The number of ether oxygens (including phenoxy) is 2. The van der Waals surface area contributed by atoms with Gasteiger partial charge in [-0.15, -0.1) is 12.4 Å². The van der Waals surface area contributed by atoms with Gasteiger partial charge in [-0.3, -0.25) is 4.79 Å². The zero-order valence-electron chi connectivity index (χ0n) is 16.2. The molecule has 1 aliphatic rings.